The third-order valence-corrected chi connectivity index (χ3v) is 7.38. The largest absolute Gasteiger partial charge is 0.307 e. The quantitative estimate of drug-likeness (QED) is 0.559. The van der Waals surface area contributed by atoms with E-state index in [1.54, 1.807) is 4.90 Å². The minimum Gasteiger partial charge on any atom is -0.307 e. The summed E-state index contributed by atoms with van der Waals surface area (Å²) >= 11 is 0. The average Bonchev–Trinajstić information content (AvgIpc) is 3.11. The summed E-state index contributed by atoms with van der Waals surface area (Å²) in [4.78, 5) is 20.7. The zero-order valence-corrected chi connectivity index (χ0v) is 18.2. The van der Waals surface area contributed by atoms with Crippen molar-refractivity contribution in [1.29, 1.82) is 0 Å². The summed E-state index contributed by atoms with van der Waals surface area (Å²) in [6, 6.07) is 6.35. The van der Waals surface area contributed by atoms with E-state index in [-0.39, 0.29) is 5.78 Å². The molecule has 1 fully saturated rings. The van der Waals surface area contributed by atoms with Crippen LogP contribution in [0.25, 0.3) is 16.2 Å². The Kier molecular flexibility index (Phi) is 5.93. The normalized spacial score (nSPS) is 22.0. The second-order valence-electron chi connectivity index (χ2n) is 7.83. The number of aromatic nitrogens is 2. The molecule has 0 saturated carbocycles. The summed E-state index contributed by atoms with van der Waals surface area (Å²) < 4.78 is 1.84. The van der Waals surface area contributed by atoms with Gasteiger partial charge in [0.2, 0.25) is 6.41 Å². The van der Waals surface area contributed by atoms with Crippen molar-refractivity contribution in [2.75, 3.05) is 20.1 Å². The lowest BCUT2D eigenvalue weighted by atomic mass is 9.94. The lowest BCUT2D eigenvalue weighted by molar-refractivity contribution is -0.115. The highest BCUT2D eigenvalue weighted by molar-refractivity contribution is 7.52. The maximum Gasteiger partial charge on any atom is 0.214 e. The van der Waals surface area contributed by atoms with Crippen LogP contribution in [0.4, 0.5) is 0 Å². The van der Waals surface area contributed by atoms with Crippen molar-refractivity contribution in [3.8, 4) is 0 Å². The van der Waals surface area contributed by atoms with Crippen molar-refractivity contribution in [1.82, 2.24) is 19.6 Å². The number of aryl methyl sites for hydroxylation is 1. The van der Waals surface area contributed by atoms with Crippen molar-refractivity contribution < 1.29 is 4.79 Å². The summed E-state index contributed by atoms with van der Waals surface area (Å²) in [6.07, 6.45) is 11.3. The number of piperidine rings is 1. The molecule has 2 aromatic rings. The van der Waals surface area contributed by atoms with Crippen molar-refractivity contribution in [3.63, 3.8) is 0 Å². The van der Waals surface area contributed by atoms with E-state index in [2.05, 4.69) is 48.2 Å². The Morgan fingerprint density at radius 3 is 2.76 bits per heavy atom. The van der Waals surface area contributed by atoms with Gasteiger partial charge >= 0.3 is 0 Å². The van der Waals surface area contributed by atoms with Crippen LogP contribution in [0.5, 0.6) is 0 Å². The van der Waals surface area contributed by atoms with E-state index in [9.17, 15) is 4.79 Å². The Bertz CT molecular complexity index is 984. The van der Waals surface area contributed by atoms with Gasteiger partial charge < -0.3 is 9.80 Å². The van der Waals surface area contributed by atoms with Gasteiger partial charge in [-0.2, -0.15) is 5.10 Å². The number of aliphatic imine (C=N–C) groups is 1. The first kappa shape index (κ1) is 20.0. The summed E-state index contributed by atoms with van der Waals surface area (Å²) in [5.74, 6) is 0.418. The van der Waals surface area contributed by atoms with Gasteiger partial charge in [-0.1, -0.05) is 20.7 Å². The minimum atomic E-state index is -0.0293. The summed E-state index contributed by atoms with van der Waals surface area (Å²) in [7, 11) is 4.53. The van der Waals surface area contributed by atoms with Gasteiger partial charge in [-0.25, -0.2) is 0 Å². The first-order valence-electron chi connectivity index (χ1n) is 10.1. The Morgan fingerprint density at radius 2 is 2.03 bits per heavy atom. The number of carbonyl (C=O) groups is 1. The number of benzene rings is 1. The van der Waals surface area contributed by atoms with Gasteiger partial charge in [-0.15, -0.1) is 0 Å². The maximum atomic E-state index is 11.8. The van der Waals surface area contributed by atoms with E-state index in [1.165, 1.54) is 10.9 Å². The van der Waals surface area contributed by atoms with Crippen LogP contribution in [-0.4, -0.2) is 58.1 Å². The molecule has 0 spiro atoms. The Hall–Kier alpha value is -2.30. The van der Waals surface area contributed by atoms with Gasteiger partial charge in [0.25, 0.3) is 0 Å². The molecular weight excluding hydrogens is 381 g/mol. The van der Waals surface area contributed by atoms with E-state index in [0.717, 1.165) is 48.9 Å². The molecule has 2 aliphatic heterocycles. The third kappa shape index (κ3) is 4.34. The second kappa shape index (κ2) is 8.60. The smallest absolute Gasteiger partial charge is 0.214 e. The minimum absolute atomic E-state index is 0.0293. The molecule has 1 saturated heterocycles. The predicted molar refractivity (Wildman–Crippen MR) is 121 cm³/mol. The molecule has 7 heteroatoms. The molecular formula is C22H28N5OP. The lowest BCUT2D eigenvalue weighted by Gasteiger charge is -2.33. The molecule has 6 nitrogen and oxygen atoms in total. The van der Waals surface area contributed by atoms with Crippen LogP contribution in [0.3, 0.4) is 0 Å². The Morgan fingerprint density at radius 1 is 1.24 bits per heavy atom. The van der Waals surface area contributed by atoms with Crippen LogP contribution in [0.2, 0.25) is 0 Å². The standard InChI is InChI=1S/C22H28N5OP/c1-4-21(17-5-6-19-18(11-17)13-26(3)24-19)29-22-12-23-20(14-27(22)15-28)16-7-9-25(2)10-8-16/h4-6,11-16,22,29H,7-10H2,1-3H3/b21-4-. The third-order valence-electron chi connectivity index (χ3n) is 5.75. The predicted octanol–water partition coefficient (Wildman–Crippen LogP) is 3.66. The van der Waals surface area contributed by atoms with E-state index in [4.69, 9.17) is 4.99 Å². The number of fused-ring (bicyclic) bond motifs is 1. The van der Waals surface area contributed by atoms with Gasteiger partial charge in [0.15, 0.2) is 0 Å². The van der Waals surface area contributed by atoms with Crippen LogP contribution < -0.4 is 0 Å². The monoisotopic (exact) mass is 409 g/mol. The summed E-state index contributed by atoms with van der Waals surface area (Å²) in [5.41, 5.74) is 3.22. The molecule has 0 bridgehead atoms. The number of likely N-dealkylation sites (tertiary alicyclic amines) is 1. The zero-order chi connectivity index (χ0) is 20.4. The van der Waals surface area contributed by atoms with Crippen LogP contribution in [-0.2, 0) is 11.8 Å². The first-order chi connectivity index (χ1) is 14.1. The molecule has 4 rings (SSSR count). The fraction of sp³-hybridized carbons (Fsp3) is 0.409. The molecule has 0 aliphatic carbocycles. The van der Waals surface area contributed by atoms with Crippen molar-refractivity contribution >= 4 is 37.4 Å². The van der Waals surface area contributed by atoms with Crippen LogP contribution in [0.15, 0.2) is 47.4 Å². The summed E-state index contributed by atoms with van der Waals surface area (Å²) in [5, 5.41) is 6.81. The van der Waals surface area contributed by atoms with Crippen LogP contribution >= 0.6 is 8.58 Å². The number of hydrogen-bond acceptors (Lipinski definition) is 4. The molecule has 1 aromatic heterocycles. The number of amides is 1. The molecule has 29 heavy (non-hydrogen) atoms. The van der Waals surface area contributed by atoms with Crippen LogP contribution in [0.1, 0.15) is 25.3 Å². The van der Waals surface area contributed by atoms with E-state index in [0.29, 0.717) is 14.5 Å². The van der Waals surface area contributed by atoms with Gasteiger partial charge in [-0.05, 0) is 62.9 Å². The fourth-order valence-electron chi connectivity index (χ4n) is 4.03. The molecule has 2 aliphatic rings. The molecule has 3 heterocycles. The number of rotatable bonds is 5. The highest BCUT2D eigenvalue weighted by Gasteiger charge is 2.26. The SMILES string of the molecule is C/C=C(\PC1C=NC(C2CCN(C)CC2)=CN1C=O)c1ccc2nn(C)cc2c1. The fourth-order valence-corrected chi connectivity index (χ4v) is 5.27. The topological polar surface area (TPSA) is 53.7 Å². The van der Waals surface area contributed by atoms with Crippen molar-refractivity contribution in [2.24, 2.45) is 18.0 Å². The Balaban J connectivity index is 1.50. The molecule has 1 aromatic carbocycles. The highest BCUT2D eigenvalue weighted by atomic mass is 31.1. The zero-order valence-electron chi connectivity index (χ0n) is 17.2. The van der Waals surface area contributed by atoms with Crippen molar-refractivity contribution in [3.05, 3.63) is 47.9 Å². The molecule has 152 valence electrons. The van der Waals surface area contributed by atoms with Crippen molar-refractivity contribution in [2.45, 2.75) is 25.5 Å². The summed E-state index contributed by atoms with van der Waals surface area (Å²) in [6.45, 7) is 4.23. The van der Waals surface area contributed by atoms with Gasteiger partial charge in [0.05, 0.1) is 17.0 Å². The van der Waals surface area contributed by atoms with Gasteiger partial charge in [0.1, 0.15) is 0 Å². The van der Waals surface area contributed by atoms with E-state index >= 15 is 0 Å². The van der Waals surface area contributed by atoms with E-state index in [1.807, 2.05) is 30.3 Å². The second-order valence-corrected chi connectivity index (χ2v) is 9.25. The first-order valence-corrected chi connectivity index (χ1v) is 11.2. The number of carbonyl (C=O) groups excluding carboxylic acids is 1. The van der Waals surface area contributed by atoms with Crippen LogP contribution in [0, 0.1) is 5.92 Å². The number of hydrogen-bond donors (Lipinski definition) is 0. The highest BCUT2D eigenvalue weighted by Crippen LogP contribution is 2.40. The molecule has 2 atom stereocenters. The number of nitrogens with zero attached hydrogens (tertiary/aromatic N) is 5. The van der Waals surface area contributed by atoms with Gasteiger partial charge in [-0.3, -0.25) is 14.5 Å². The molecule has 2 unspecified atom stereocenters. The molecule has 0 N–H and O–H groups in total. The molecule has 1 amide bonds. The lowest BCUT2D eigenvalue weighted by Crippen LogP contribution is -2.34. The molecule has 0 radical (unpaired) electrons. The Labute approximate surface area is 173 Å². The maximum absolute atomic E-state index is 11.8. The van der Waals surface area contributed by atoms with E-state index < -0.39 is 0 Å². The van der Waals surface area contributed by atoms with Gasteiger partial charge in [0, 0.05) is 37.0 Å². The number of allylic oxidation sites excluding steroid dienone is 2. The average molecular weight is 409 g/mol.